The van der Waals surface area contributed by atoms with Crippen molar-refractivity contribution in [1.29, 1.82) is 0 Å². The van der Waals surface area contributed by atoms with Gasteiger partial charge in [0.25, 0.3) is 0 Å². The van der Waals surface area contributed by atoms with E-state index in [-0.39, 0.29) is 10.7 Å². The Morgan fingerprint density at radius 1 is 1.26 bits per heavy atom. The summed E-state index contributed by atoms with van der Waals surface area (Å²) >= 11 is 1.05. The van der Waals surface area contributed by atoms with E-state index in [1.54, 1.807) is 6.07 Å². The third-order valence-electron chi connectivity index (χ3n) is 2.56. The third-order valence-corrected chi connectivity index (χ3v) is 3.39. The van der Waals surface area contributed by atoms with E-state index < -0.39 is 17.7 Å². The first-order valence-electron chi connectivity index (χ1n) is 5.31. The summed E-state index contributed by atoms with van der Waals surface area (Å²) in [4.78, 5) is 0. The van der Waals surface area contributed by atoms with Crippen molar-refractivity contribution >= 4 is 16.5 Å². The van der Waals surface area contributed by atoms with Crippen LogP contribution in [0.1, 0.15) is 22.1 Å². The summed E-state index contributed by atoms with van der Waals surface area (Å²) in [5.74, 6) is -0.673. The van der Waals surface area contributed by atoms with E-state index in [2.05, 4.69) is 16.8 Å². The van der Waals surface area contributed by atoms with Crippen LogP contribution in [0.4, 0.5) is 18.3 Å². The first kappa shape index (κ1) is 13.5. The zero-order chi connectivity index (χ0) is 14.0. The van der Waals surface area contributed by atoms with E-state index in [1.165, 1.54) is 18.2 Å². The molecule has 2 aromatic rings. The molecule has 0 bridgehead atoms. The summed E-state index contributed by atoms with van der Waals surface area (Å²) < 4.78 is 38.9. The summed E-state index contributed by atoms with van der Waals surface area (Å²) in [5.41, 5.74) is 4.86. The predicted molar refractivity (Wildman–Crippen MR) is 67.8 cm³/mol. The molecule has 1 unspecified atom stereocenters. The number of nitrogens with zero attached hydrogens (tertiary/aromatic N) is 2. The first-order valence-corrected chi connectivity index (χ1v) is 6.12. The zero-order valence-electron chi connectivity index (χ0n) is 9.69. The molecule has 2 N–H and O–H groups in total. The van der Waals surface area contributed by atoms with Gasteiger partial charge in [-0.1, -0.05) is 35.6 Å². The number of aromatic nitrogens is 2. The van der Waals surface area contributed by atoms with Crippen molar-refractivity contribution < 1.29 is 13.2 Å². The van der Waals surface area contributed by atoms with Gasteiger partial charge in [-0.05, 0) is 11.6 Å². The topological polar surface area (TPSA) is 51.8 Å². The molecular formula is C12H10F3N3S. The van der Waals surface area contributed by atoms with Gasteiger partial charge in [-0.15, -0.1) is 16.8 Å². The second-order valence-corrected chi connectivity index (χ2v) is 4.82. The molecule has 1 atom stereocenters. The average molecular weight is 285 g/mol. The van der Waals surface area contributed by atoms with Crippen molar-refractivity contribution in [2.24, 2.45) is 0 Å². The number of anilines is 1. The summed E-state index contributed by atoms with van der Waals surface area (Å²) in [6.07, 6.45) is -3.02. The van der Waals surface area contributed by atoms with E-state index in [9.17, 15) is 13.2 Å². The Hall–Kier alpha value is -1.89. The number of rotatable bonds is 3. The van der Waals surface area contributed by atoms with Crippen LogP contribution in [0.15, 0.2) is 36.9 Å². The summed E-state index contributed by atoms with van der Waals surface area (Å²) in [6, 6.07) is 5.34. The lowest BCUT2D eigenvalue weighted by molar-refractivity contribution is -0.138. The molecule has 0 aliphatic carbocycles. The molecule has 0 amide bonds. The van der Waals surface area contributed by atoms with Crippen molar-refractivity contribution in [3.63, 3.8) is 0 Å². The van der Waals surface area contributed by atoms with E-state index >= 15 is 0 Å². The Bertz CT molecular complexity index is 592. The van der Waals surface area contributed by atoms with Crippen LogP contribution in [0.5, 0.6) is 0 Å². The normalized spacial score (nSPS) is 13.2. The largest absolute Gasteiger partial charge is 0.416 e. The van der Waals surface area contributed by atoms with Gasteiger partial charge in [0.15, 0.2) is 0 Å². The van der Waals surface area contributed by atoms with Crippen LogP contribution >= 0.6 is 11.3 Å². The van der Waals surface area contributed by atoms with Gasteiger partial charge in [-0.3, -0.25) is 0 Å². The number of allylic oxidation sites excluding steroid dienone is 1. The van der Waals surface area contributed by atoms with Crippen LogP contribution in [-0.4, -0.2) is 10.2 Å². The van der Waals surface area contributed by atoms with Gasteiger partial charge < -0.3 is 5.73 Å². The lowest BCUT2D eigenvalue weighted by Crippen LogP contribution is -2.11. The highest BCUT2D eigenvalue weighted by atomic mass is 32.1. The Balaban J connectivity index is 2.53. The Kier molecular flexibility index (Phi) is 3.57. The van der Waals surface area contributed by atoms with Gasteiger partial charge in [0.05, 0.1) is 11.5 Å². The second kappa shape index (κ2) is 5.00. The lowest BCUT2D eigenvalue weighted by atomic mass is 9.94. The van der Waals surface area contributed by atoms with Gasteiger partial charge in [0.2, 0.25) is 5.13 Å². The second-order valence-electron chi connectivity index (χ2n) is 3.78. The highest BCUT2D eigenvalue weighted by Crippen LogP contribution is 2.38. The molecule has 0 aliphatic heterocycles. The van der Waals surface area contributed by atoms with E-state index in [1.807, 2.05) is 0 Å². The minimum absolute atomic E-state index is 0.0983. The molecule has 0 aliphatic rings. The maximum absolute atomic E-state index is 13.0. The van der Waals surface area contributed by atoms with Crippen molar-refractivity contribution in [3.8, 4) is 0 Å². The number of nitrogen functional groups attached to an aromatic ring is 1. The molecule has 2 rings (SSSR count). The molecule has 1 heterocycles. The predicted octanol–water partition coefficient (Wildman–Crippen LogP) is 3.46. The number of benzene rings is 1. The monoisotopic (exact) mass is 285 g/mol. The van der Waals surface area contributed by atoms with Crippen molar-refractivity contribution in [3.05, 3.63) is 53.1 Å². The average Bonchev–Trinajstić information content (AvgIpc) is 2.76. The molecule has 100 valence electrons. The standard InChI is InChI=1S/C12H10F3N3S/c1-2-7(10-17-18-11(16)19-10)8-5-3-4-6-9(8)12(13,14)15/h2-7H,1H2,(H2,16,18). The van der Waals surface area contributed by atoms with Crippen LogP contribution in [0.2, 0.25) is 0 Å². The molecule has 7 heteroatoms. The summed E-state index contributed by atoms with van der Waals surface area (Å²) in [6.45, 7) is 3.58. The van der Waals surface area contributed by atoms with Gasteiger partial charge >= 0.3 is 6.18 Å². The molecular weight excluding hydrogens is 275 g/mol. The minimum Gasteiger partial charge on any atom is -0.374 e. The van der Waals surface area contributed by atoms with Gasteiger partial charge in [0, 0.05) is 0 Å². The SMILES string of the molecule is C=CC(c1nnc(N)s1)c1ccccc1C(F)(F)F. The van der Waals surface area contributed by atoms with Crippen LogP contribution in [0.25, 0.3) is 0 Å². The highest BCUT2D eigenvalue weighted by molar-refractivity contribution is 7.15. The lowest BCUT2D eigenvalue weighted by Gasteiger charge is -2.16. The number of nitrogens with two attached hydrogens (primary N) is 1. The van der Waals surface area contributed by atoms with Crippen LogP contribution in [-0.2, 0) is 6.18 Å². The molecule has 0 fully saturated rings. The van der Waals surface area contributed by atoms with Crippen LogP contribution in [0, 0.1) is 0 Å². The van der Waals surface area contributed by atoms with E-state index in [0.717, 1.165) is 17.4 Å². The third kappa shape index (κ3) is 2.76. The Morgan fingerprint density at radius 2 is 1.95 bits per heavy atom. The maximum atomic E-state index is 13.0. The van der Waals surface area contributed by atoms with Crippen LogP contribution < -0.4 is 5.73 Å². The number of halogens is 3. The highest BCUT2D eigenvalue weighted by Gasteiger charge is 2.35. The maximum Gasteiger partial charge on any atom is 0.416 e. The van der Waals surface area contributed by atoms with E-state index in [0.29, 0.717) is 5.01 Å². The number of hydrogen-bond acceptors (Lipinski definition) is 4. The van der Waals surface area contributed by atoms with Crippen molar-refractivity contribution in [2.45, 2.75) is 12.1 Å². The molecule has 3 nitrogen and oxygen atoms in total. The van der Waals surface area contributed by atoms with Crippen LogP contribution in [0.3, 0.4) is 0 Å². The fourth-order valence-electron chi connectivity index (χ4n) is 1.76. The fourth-order valence-corrected chi connectivity index (χ4v) is 2.49. The molecule has 0 spiro atoms. The molecule has 1 aromatic carbocycles. The van der Waals surface area contributed by atoms with Gasteiger partial charge in [-0.2, -0.15) is 13.2 Å². The van der Waals surface area contributed by atoms with Gasteiger partial charge in [0.1, 0.15) is 5.01 Å². The van der Waals surface area contributed by atoms with E-state index in [4.69, 9.17) is 5.73 Å². The molecule has 0 saturated carbocycles. The number of hydrogen-bond donors (Lipinski definition) is 1. The fraction of sp³-hybridized carbons (Fsp3) is 0.167. The first-order chi connectivity index (χ1) is 8.93. The Labute approximate surface area is 111 Å². The Morgan fingerprint density at radius 3 is 2.47 bits per heavy atom. The van der Waals surface area contributed by atoms with Crippen molar-refractivity contribution in [1.82, 2.24) is 10.2 Å². The molecule has 0 radical (unpaired) electrons. The summed E-state index contributed by atoms with van der Waals surface area (Å²) in [7, 11) is 0. The molecule has 1 aromatic heterocycles. The summed E-state index contributed by atoms with van der Waals surface area (Å²) in [5, 5.41) is 8.02. The molecule has 0 saturated heterocycles. The zero-order valence-corrected chi connectivity index (χ0v) is 10.5. The minimum atomic E-state index is -4.42. The van der Waals surface area contributed by atoms with Gasteiger partial charge in [-0.25, -0.2) is 0 Å². The smallest absolute Gasteiger partial charge is 0.374 e. The number of alkyl halides is 3. The molecule has 19 heavy (non-hydrogen) atoms. The quantitative estimate of drug-likeness (QED) is 0.879. The van der Waals surface area contributed by atoms with Crippen molar-refractivity contribution in [2.75, 3.05) is 5.73 Å².